The Labute approximate surface area is 91.0 Å². The van der Waals surface area contributed by atoms with Gasteiger partial charge in [-0.15, -0.1) is 0 Å². The van der Waals surface area contributed by atoms with Crippen molar-refractivity contribution in [1.82, 2.24) is 10.3 Å². The smallest absolute Gasteiger partial charge is 0.211 e. The Morgan fingerprint density at radius 3 is 2.73 bits per heavy atom. The number of rotatable bonds is 4. The number of nitrogens with one attached hydrogen (secondary N) is 1. The molecule has 1 unspecified atom stereocenters. The van der Waals surface area contributed by atoms with Gasteiger partial charge in [0.05, 0.1) is 17.8 Å². The van der Waals surface area contributed by atoms with Crippen molar-refractivity contribution in [3.05, 3.63) is 17.8 Å². The van der Waals surface area contributed by atoms with Crippen molar-refractivity contribution in [2.24, 2.45) is 0 Å². The molecule has 0 bridgehead atoms. The van der Waals surface area contributed by atoms with Gasteiger partial charge in [-0.05, 0) is 34.7 Å². The van der Waals surface area contributed by atoms with E-state index in [1.165, 1.54) is 0 Å². The summed E-state index contributed by atoms with van der Waals surface area (Å²) in [6.45, 7) is 8.51. The van der Waals surface area contributed by atoms with Gasteiger partial charge in [0.25, 0.3) is 0 Å². The first-order valence-corrected chi connectivity index (χ1v) is 5.18. The van der Waals surface area contributed by atoms with Gasteiger partial charge in [0.1, 0.15) is 12.4 Å². The first kappa shape index (κ1) is 12.2. The second-order valence-corrected chi connectivity index (χ2v) is 4.58. The molecule has 1 aromatic rings. The summed E-state index contributed by atoms with van der Waals surface area (Å²) in [7, 11) is 1.88. The number of hydrogen-bond acceptors (Lipinski definition) is 4. The monoisotopic (exact) mass is 212 g/mol. The van der Waals surface area contributed by atoms with Crippen LogP contribution in [-0.4, -0.2) is 17.6 Å². The van der Waals surface area contributed by atoms with Crippen molar-refractivity contribution in [2.75, 3.05) is 7.05 Å². The predicted octanol–water partition coefficient (Wildman–Crippen LogP) is 2.27. The molecule has 15 heavy (non-hydrogen) atoms. The lowest BCUT2D eigenvalue weighted by molar-refractivity contribution is -0.0228. The minimum absolute atomic E-state index is 0.133. The van der Waals surface area contributed by atoms with Gasteiger partial charge in [-0.3, -0.25) is 0 Å². The SMILES string of the molecule is CNC(C)c1ncc(COC(C)(C)C)o1. The van der Waals surface area contributed by atoms with E-state index < -0.39 is 0 Å². The molecule has 0 spiro atoms. The van der Waals surface area contributed by atoms with Crippen molar-refractivity contribution >= 4 is 0 Å². The van der Waals surface area contributed by atoms with E-state index in [0.29, 0.717) is 12.5 Å². The lowest BCUT2D eigenvalue weighted by Crippen LogP contribution is -2.18. The molecule has 0 saturated heterocycles. The maximum absolute atomic E-state index is 5.59. The van der Waals surface area contributed by atoms with Crippen LogP contribution in [-0.2, 0) is 11.3 Å². The highest BCUT2D eigenvalue weighted by atomic mass is 16.5. The maximum atomic E-state index is 5.59. The molecule has 1 heterocycles. The van der Waals surface area contributed by atoms with Crippen LogP contribution >= 0.6 is 0 Å². The summed E-state index contributed by atoms with van der Waals surface area (Å²) in [5.41, 5.74) is -0.151. The molecule has 4 heteroatoms. The fraction of sp³-hybridized carbons (Fsp3) is 0.727. The molecule has 0 aliphatic heterocycles. The second-order valence-electron chi connectivity index (χ2n) is 4.58. The normalized spacial score (nSPS) is 14.2. The van der Waals surface area contributed by atoms with Crippen LogP contribution in [0.15, 0.2) is 10.6 Å². The highest BCUT2D eigenvalue weighted by Gasteiger charge is 2.14. The van der Waals surface area contributed by atoms with Gasteiger partial charge < -0.3 is 14.5 Å². The van der Waals surface area contributed by atoms with E-state index in [2.05, 4.69) is 10.3 Å². The fourth-order valence-electron chi connectivity index (χ4n) is 1.00. The molecule has 0 saturated carbocycles. The van der Waals surface area contributed by atoms with E-state index >= 15 is 0 Å². The number of ether oxygens (including phenoxy) is 1. The Balaban J connectivity index is 2.53. The standard InChI is InChI=1S/C11H20N2O2/c1-8(12-5)10-13-6-9(15-10)7-14-11(2,3)4/h6,8,12H,7H2,1-5H3. The van der Waals surface area contributed by atoms with E-state index in [4.69, 9.17) is 9.15 Å². The van der Waals surface area contributed by atoms with Gasteiger partial charge in [-0.1, -0.05) is 0 Å². The van der Waals surface area contributed by atoms with Crippen molar-refractivity contribution in [3.63, 3.8) is 0 Å². The van der Waals surface area contributed by atoms with Crippen molar-refractivity contribution < 1.29 is 9.15 Å². The second kappa shape index (κ2) is 4.77. The number of oxazole rings is 1. The summed E-state index contributed by atoms with van der Waals surface area (Å²) < 4.78 is 11.1. The summed E-state index contributed by atoms with van der Waals surface area (Å²) in [4.78, 5) is 4.18. The number of nitrogens with zero attached hydrogens (tertiary/aromatic N) is 1. The molecule has 0 amide bonds. The fourth-order valence-corrected chi connectivity index (χ4v) is 1.00. The van der Waals surface area contributed by atoms with E-state index in [1.807, 2.05) is 34.7 Å². The van der Waals surface area contributed by atoms with E-state index in [9.17, 15) is 0 Å². The zero-order chi connectivity index (χ0) is 11.5. The molecule has 0 aliphatic rings. The zero-order valence-corrected chi connectivity index (χ0v) is 10.1. The topological polar surface area (TPSA) is 47.3 Å². The lowest BCUT2D eigenvalue weighted by atomic mass is 10.2. The third-order valence-corrected chi connectivity index (χ3v) is 2.02. The van der Waals surface area contributed by atoms with Crippen LogP contribution in [0.2, 0.25) is 0 Å². The van der Waals surface area contributed by atoms with Crippen LogP contribution in [0.1, 0.15) is 45.4 Å². The van der Waals surface area contributed by atoms with Gasteiger partial charge in [-0.25, -0.2) is 4.98 Å². The first-order valence-electron chi connectivity index (χ1n) is 5.18. The van der Waals surface area contributed by atoms with Crippen molar-refractivity contribution in [2.45, 2.75) is 45.9 Å². The molecule has 1 N–H and O–H groups in total. The highest BCUT2D eigenvalue weighted by Crippen LogP contribution is 2.15. The molecule has 4 nitrogen and oxygen atoms in total. The number of aromatic nitrogens is 1. The summed E-state index contributed by atoms with van der Waals surface area (Å²) in [5.74, 6) is 1.46. The Kier molecular flexibility index (Phi) is 3.88. The molecule has 0 aromatic carbocycles. The van der Waals surface area contributed by atoms with Crippen LogP contribution in [0.3, 0.4) is 0 Å². The van der Waals surface area contributed by atoms with Gasteiger partial charge in [0.15, 0.2) is 0 Å². The van der Waals surface area contributed by atoms with Gasteiger partial charge in [0.2, 0.25) is 5.89 Å². The average molecular weight is 212 g/mol. The molecule has 1 rings (SSSR count). The minimum Gasteiger partial charge on any atom is -0.442 e. The molecule has 1 atom stereocenters. The third-order valence-electron chi connectivity index (χ3n) is 2.02. The highest BCUT2D eigenvalue weighted by molar-refractivity contribution is 4.96. The molecule has 0 fully saturated rings. The number of hydrogen-bond donors (Lipinski definition) is 1. The average Bonchev–Trinajstić information content (AvgIpc) is 2.61. The molecule has 1 aromatic heterocycles. The third kappa shape index (κ3) is 4.01. The largest absolute Gasteiger partial charge is 0.442 e. The zero-order valence-electron chi connectivity index (χ0n) is 10.1. The summed E-state index contributed by atoms with van der Waals surface area (Å²) in [5, 5.41) is 3.07. The van der Waals surface area contributed by atoms with Gasteiger partial charge in [-0.2, -0.15) is 0 Å². The molecular formula is C11H20N2O2. The summed E-state index contributed by atoms with van der Waals surface area (Å²) >= 11 is 0. The molecule has 0 aliphatic carbocycles. The van der Waals surface area contributed by atoms with Crippen LogP contribution in [0.4, 0.5) is 0 Å². The predicted molar refractivity (Wildman–Crippen MR) is 58.5 cm³/mol. The van der Waals surface area contributed by atoms with Crippen LogP contribution in [0.25, 0.3) is 0 Å². The van der Waals surface area contributed by atoms with Gasteiger partial charge >= 0.3 is 0 Å². The van der Waals surface area contributed by atoms with Crippen LogP contribution in [0.5, 0.6) is 0 Å². The molecular weight excluding hydrogens is 192 g/mol. The van der Waals surface area contributed by atoms with E-state index in [0.717, 1.165) is 5.76 Å². The Morgan fingerprint density at radius 2 is 2.20 bits per heavy atom. The Bertz CT molecular complexity index is 302. The van der Waals surface area contributed by atoms with Crippen LogP contribution < -0.4 is 5.32 Å². The quantitative estimate of drug-likeness (QED) is 0.831. The maximum Gasteiger partial charge on any atom is 0.211 e. The Hall–Kier alpha value is -0.870. The van der Waals surface area contributed by atoms with E-state index in [1.54, 1.807) is 6.20 Å². The van der Waals surface area contributed by atoms with Crippen molar-refractivity contribution in [1.29, 1.82) is 0 Å². The molecule has 86 valence electrons. The molecule has 0 radical (unpaired) electrons. The van der Waals surface area contributed by atoms with Crippen molar-refractivity contribution in [3.8, 4) is 0 Å². The lowest BCUT2D eigenvalue weighted by Gasteiger charge is -2.18. The van der Waals surface area contributed by atoms with E-state index in [-0.39, 0.29) is 11.6 Å². The minimum atomic E-state index is -0.151. The summed E-state index contributed by atoms with van der Waals surface area (Å²) in [6, 6.07) is 0.133. The Morgan fingerprint density at radius 1 is 1.53 bits per heavy atom. The first-order chi connectivity index (χ1) is 6.92. The van der Waals surface area contributed by atoms with Crippen LogP contribution in [0, 0.1) is 0 Å². The van der Waals surface area contributed by atoms with Gasteiger partial charge in [0, 0.05) is 0 Å². The summed E-state index contributed by atoms with van der Waals surface area (Å²) in [6.07, 6.45) is 1.72.